The first kappa shape index (κ1) is 14.5. The molecule has 3 unspecified atom stereocenters. The second kappa shape index (κ2) is 6.06. The van der Waals surface area contributed by atoms with Gasteiger partial charge in [-0.05, 0) is 58.2 Å². The molecular formula is C17H28N2. The maximum absolute atomic E-state index is 6.19. The van der Waals surface area contributed by atoms with Crippen molar-refractivity contribution in [2.24, 2.45) is 5.73 Å². The van der Waals surface area contributed by atoms with E-state index >= 15 is 0 Å². The van der Waals surface area contributed by atoms with Crippen LogP contribution in [0.5, 0.6) is 0 Å². The Morgan fingerprint density at radius 3 is 2.58 bits per heavy atom. The Balaban J connectivity index is 2.23. The number of hydrogen-bond donors (Lipinski definition) is 1. The molecule has 1 aliphatic heterocycles. The molecule has 0 aliphatic carbocycles. The first-order valence-electron chi connectivity index (χ1n) is 7.59. The van der Waals surface area contributed by atoms with Crippen LogP contribution in [0.3, 0.4) is 0 Å². The summed E-state index contributed by atoms with van der Waals surface area (Å²) in [4.78, 5) is 2.62. The van der Waals surface area contributed by atoms with Crippen molar-refractivity contribution < 1.29 is 0 Å². The average Bonchev–Trinajstić information content (AvgIpc) is 2.38. The summed E-state index contributed by atoms with van der Waals surface area (Å²) in [5, 5.41) is 0. The van der Waals surface area contributed by atoms with Crippen LogP contribution in [0, 0.1) is 13.8 Å². The van der Waals surface area contributed by atoms with Crippen LogP contribution in [0.15, 0.2) is 18.2 Å². The second-order valence-corrected chi connectivity index (χ2v) is 6.20. The maximum atomic E-state index is 6.19. The minimum atomic E-state index is 0.258. The molecule has 0 saturated carbocycles. The minimum Gasteiger partial charge on any atom is -0.327 e. The number of rotatable bonds is 3. The fourth-order valence-corrected chi connectivity index (χ4v) is 3.50. The van der Waals surface area contributed by atoms with Crippen LogP contribution in [-0.2, 0) is 0 Å². The minimum absolute atomic E-state index is 0.258. The number of hydrogen-bond acceptors (Lipinski definition) is 2. The van der Waals surface area contributed by atoms with Crippen molar-refractivity contribution >= 4 is 0 Å². The third kappa shape index (κ3) is 3.18. The summed E-state index contributed by atoms with van der Waals surface area (Å²) >= 11 is 0. The van der Waals surface area contributed by atoms with Crippen LogP contribution in [-0.4, -0.2) is 23.5 Å². The monoisotopic (exact) mass is 260 g/mol. The van der Waals surface area contributed by atoms with Crippen molar-refractivity contribution in [1.82, 2.24) is 4.90 Å². The van der Waals surface area contributed by atoms with Crippen molar-refractivity contribution in [3.05, 3.63) is 34.9 Å². The molecule has 2 heteroatoms. The first-order valence-corrected chi connectivity index (χ1v) is 7.59. The van der Waals surface area contributed by atoms with Crippen molar-refractivity contribution in [3.8, 4) is 0 Å². The third-order valence-corrected chi connectivity index (χ3v) is 4.57. The zero-order valence-electron chi connectivity index (χ0n) is 12.8. The van der Waals surface area contributed by atoms with Crippen LogP contribution in [0.4, 0.5) is 0 Å². The Morgan fingerprint density at radius 2 is 1.95 bits per heavy atom. The van der Waals surface area contributed by atoms with E-state index in [9.17, 15) is 0 Å². The molecule has 0 amide bonds. The average molecular weight is 260 g/mol. The highest BCUT2D eigenvalue weighted by atomic mass is 15.2. The van der Waals surface area contributed by atoms with Gasteiger partial charge < -0.3 is 5.73 Å². The van der Waals surface area contributed by atoms with Gasteiger partial charge in [0.05, 0.1) is 0 Å². The maximum Gasteiger partial charge on any atom is 0.0326 e. The normalized spacial score (nSPS) is 24.2. The Bertz CT molecular complexity index is 425. The Hall–Kier alpha value is -0.860. The number of likely N-dealkylation sites (tertiary alicyclic amines) is 1. The molecule has 1 aromatic rings. The molecule has 106 valence electrons. The lowest BCUT2D eigenvalue weighted by atomic mass is 9.91. The van der Waals surface area contributed by atoms with E-state index in [0.29, 0.717) is 12.1 Å². The summed E-state index contributed by atoms with van der Waals surface area (Å²) in [5.41, 5.74) is 10.4. The molecule has 1 fully saturated rings. The highest BCUT2D eigenvalue weighted by molar-refractivity contribution is 5.32. The van der Waals surface area contributed by atoms with E-state index in [2.05, 4.69) is 50.8 Å². The Morgan fingerprint density at radius 1 is 1.21 bits per heavy atom. The van der Waals surface area contributed by atoms with Crippen LogP contribution >= 0.6 is 0 Å². The zero-order chi connectivity index (χ0) is 14.0. The molecule has 0 aromatic heterocycles. The van der Waals surface area contributed by atoms with E-state index in [1.807, 2.05) is 0 Å². The molecule has 0 radical (unpaired) electrons. The molecule has 2 rings (SSSR count). The van der Waals surface area contributed by atoms with E-state index in [-0.39, 0.29) is 6.04 Å². The summed E-state index contributed by atoms with van der Waals surface area (Å²) in [7, 11) is 0. The summed E-state index contributed by atoms with van der Waals surface area (Å²) in [5.74, 6) is 0. The molecule has 2 N–H and O–H groups in total. The van der Waals surface area contributed by atoms with Gasteiger partial charge in [0.25, 0.3) is 0 Å². The zero-order valence-corrected chi connectivity index (χ0v) is 12.8. The van der Waals surface area contributed by atoms with E-state index in [1.165, 1.54) is 42.5 Å². The van der Waals surface area contributed by atoms with E-state index < -0.39 is 0 Å². The third-order valence-electron chi connectivity index (χ3n) is 4.57. The van der Waals surface area contributed by atoms with Gasteiger partial charge in [-0.3, -0.25) is 4.90 Å². The first-order chi connectivity index (χ1) is 9.00. The van der Waals surface area contributed by atoms with Crippen molar-refractivity contribution in [3.63, 3.8) is 0 Å². The quantitative estimate of drug-likeness (QED) is 0.900. The summed E-state index contributed by atoms with van der Waals surface area (Å²) in [6, 6.07) is 8.07. The van der Waals surface area contributed by atoms with Gasteiger partial charge in [-0.15, -0.1) is 0 Å². The molecule has 19 heavy (non-hydrogen) atoms. The lowest BCUT2D eigenvalue weighted by Gasteiger charge is -2.42. The lowest BCUT2D eigenvalue weighted by Crippen LogP contribution is -2.50. The lowest BCUT2D eigenvalue weighted by molar-refractivity contribution is 0.0887. The number of nitrogens with two attached hydrogens (primary N) is 1. The predicted octanol–water partition coefficient (Wildman–Crippen LogP) is 3.57. The fraction of sp³-hybridized carbons (Fsp3) is 0.647. The summed E-state index contributed by atoms with van der Waals surface area (Å²) in [6.45, 7) is 10.0. The van der Waals surface area contributed by atoms with Gasteiger partial charge in [-0.25, -0.2) is 0 Å². The van der Waals surface area contributed by atoms with E-state index in [0.717, 1.165) is 0 Å². The predicted molar refractivity (Wildman–Crippen MR) is 82.3 cm³/mol. The summed E-state index contributed by atoms with van der Waals surface area (Å²) < 4.78 is 0. The molecule has 1 aromatic carbocycles. The number of piperidine rings is 1. The number of aryl methyl sites for hydroxylation is 2. The van der Waals surface area contributed by atoms with Crippen molar-refractivity contribution in [2.75, 3.05) is 6.54 Å². The molecule has 0 bridgehead atoms. The number of benzene rings is 1. The smallest absolute Gasteiger partial charge is 0.0326 e. The highest BCUT2D eigenvalue weighted by Crippen LogP contribution is 2.31. The van der Waals surface area contributed by atoms with Gasteiger partial charge in [0, 0.05) is 18.1 Å². The van der Waals surface area contributed by atoms with Gasteiger partial charge in [0.2, 0.25) is 0 Å². The molecule has 0 spiro atoms. The van der Waals surface area contributed by atoms with Crippen molar-refractivity contribution in [1.29, 1.82) is 0 Å². The standard InChI is InChI=1S/C17H28N2/c1-12-8-9-16(13(2)11-12)15(4)19-10-6-5-7-17(19)14(3)18/h8-9,11,14-15,17H,5-7,10,18H2,1-4H3. The molecule has 2 nitrogen and oxygen atoms in total. The van der Waals surface area contributed by atoms with E-state index in [4.69, 9.17) is 5.73 Å². The van der Waals surface area contributed by atoms with Gasteiger partial charge in [-0.2, -0.15) is 0 Å². The van der Waals surface area contributed by atoms with Gasteiger partial charge in [0.15, 0.2) is 0 Å². The number of nitrogens with zero attached hydrogens (tertiary/aromatic N) is 1. The van der Waals surface area contributed by atoms with Crippen LogP contribution in [0.2, 0.25) is 0 Å². The van der Waals surface area contributed by atoms with Crippen LogP contribution < -0.4 is 5.73 Å². The largest absolute Gasteiger partial charge is 0.327 e. The van der Waals surface area contributed by atoms with Gasteiger partial charge >= 0.3 is 0 Å². The van der Waals surface area contributed by atoms with Gasteiger partial charge in [0.1, 0.15) is 0 Å². The van der Waals surface area contributed by atoms with E-state index in [1.54, 1.807) is 0 Å². The Kier molecular flexibility index (Phi) is 4.64. The topological polar surface area (TPSA) is 29.3 Å². The van der Waals surface area contributed by atoms with Crippen LogP contribution in [0.25, 0.3) is 0 Å². The SMILES string of the molecule is Cc1ccc(C(C)N2CCCCC2C(C)N)c(C)c1. The van der Waals surface area contributed by atoms with Crippen LogP contribution in [0.1, 0.15) is 55.8 Å². The molecular weight excluding hydrogens is 232 g/mol. The summed E-state index contributed by atoms with van der Waals surface area (Å²) in [6.07, 6.45) is 3.87. The molecule has 1 saturated heterocycles. The van der Waals surface area contributed by atoms with Crippen molar-refractivity contribution in [2.45, 2.75) is 65.1 Å². The molecule has 3 atom stereocenters. The molecule has 1 aliphatic rings. The molecule has 1 heterocycles. The highest BCUT2D eigenvalue weighted by Gasteiger charge is 2.29. The Labute approximate surface area is 118 Å². The second-order valence-electron chi connectivity index (χ2n) is 6.20. The van der Waals surface area contributed by atoms with Gasteiger partial charge in [-0.1, -0.05) is 30.2 Å². The fourth-order valence-electron chi connectivity index (χ4n) is 3.50.